The van der Waals surface area contributed by atoms with Crippen LogP contribution in [0.3, 0.4) is 0 Å². The van der Waals surface area contributed by atoms with E-state index in [4.69, 9.17) is 9.47 Å². The molecule has 0 unspecified atom stereocenters. The Bertz CT molecular complexity index is 343. The summed E-state index contributed by atoms with van der Waals surface area (Å²) in [5.74, 6) is -0.385. The van der Waals surface area contributed by atoms with Gasteiger partial charge in [-0.25, -0.2) is 4.79 Å². The van der Waals surface area contributed by atoms with Crippen LogP contribution < -0.4 is 5.32 Å². The van der Waals surface area contributed by atoms with Crippen molar-refractivity contribution in [2.75, 3.05) is 7.11 Å². The molecule has 0 saturated heterocycles. The van der Waals surface area contributed by atoms with E-state index in [2.05, 4.69) is 5.32 Å². The van der Waals surface area contributed by atoms with Crippen LogP contribution in [0.2, 0.25) is 0 Å². The molecule has 2 atom stereocenters. The Kier molecular flexibility index (Phi) is 3.93. The Morgan fingerprint density at radius 1 is 1.28 bits per heavy atom. The number of nitrogens with one attached hydrogen (secondary N) is 1. The van der Waals surface area contributed by atoms with Crippen LogP contribution in [0.25, 0.3) is 0 Å². The van der Waals surface area contributed by atoms with Crippen LogP contribution in [0.1, 0.15) is 41.0 Å². The fourth-order valence-corrected chi connectivity index (χ4v) is 2.16. The van der Waals surface area contributed by atoms with Crippen LogP contribution in [0, 0.1) is 11.3 Å². The molecule has 0 spiro atoms. The van der Waals surface area contributed by atoms with Gasteiger partial charge in [-0.15, -0.1) is 0 Å². The topological polar surface area (TPSA) is 64.6 Å². The molecule has 5 nitrogen and oxygen atoms in total. The standard InChI is InChI=1S/C13H23NO4/c1-12(2,3)18-11(16)14-9-7-8(10(15)17-6)13(9,4)5/h8-9H,7H2,1-6H3,(H,14,16)/t8-,9+/m0/s1. The van der Waals surface area contributed by atoms with Crippen molar-refractivity contribution in [1.82, 2.24) is 5.32 Å². The second-order valence-corrected chi connectivity index (χ2v) is 6.33. The number of esters is 1. The number of methoxy groups -OCH3 is 1. The summed E-state index contributed by atoms with van der Waals surface area (Å²) in [5, 5.41) is 2.80. The Morgan fingerprint density at radius 2 is 1.83 bits per heavy atom. The Labute approximate surface area is 108 Å². The molecule has 1 aliphatic rings. The van der Waals surface area contributed by atoms with Gasteiger partial charge in [0.05, 0.1) is 13.0 Å². The SMILES string of the molecule is COC(=O)[C@@H]1C[C@@H](NC(=O)OC(C)(C)C)C1(C)C. The van der Waals surface area contributed by atoms with Gasteiger partial charge in [0.1, 0.15) is 5.60 Å². The zero-order valence-electron chi connectivity index (χ0n) is 12.0. The molecular formula is C13H23NO4. The maximum Gasteiger partial charge on any atom is 0.407 e. The molecule has 0 aromatic rings. The first-order valence-electron chi connectivity index (χ1n) is 6.15. The molecule has 1 amide bonds. The van der Waals surface area contributed by atoms with Crippen LogP contribution in [0.15, 0.2) is 0 Å². The zero-order chi connectivity index (χ0) is 14.1. The van der Waals surface area contributed by atoms with Gasteiger partial charge in [0, 0.05) is 6.04 Å². The highest BCUT2D eigenvalue weighted by Crippen LogP contribution is 2.46. The molecule has 0 heterocycles. The number of carbonyl (C=O) groups is 2. The predicted molar refractivity (Wildman–Crippen MR) is 67.1 cm³/mol. The Balaban J connectivity index is 2.52. The van der Waals surface area contributed by atoms with E-state index >= 15 is 0 Å². The third kappa shape index (κ3) is 3.15. The van der Waals surface area contributed by atoms with Crippen molar-refractivity contribution in [2.45, 2.75) is 52.7 Å². The fraction of sp³-hybridized carbons (Fsp3) is 0.846. The average molecular weight is 257 g/mol. The van der Waals surface area contributed by atoms with E-state index in [9.17, 15) is 9.59 Å². The van der Waals surface area contributed by atoms with Gasteiger partial charge in [0.15, 0.2) is 0 Å². The minimum atomic E-state index is -0.514. The molecule has 1 fully saturated rings. The van der Waals surface area contributed by atoms with Crippen molar-refractivity contribution in [1.29, 1.82) is 0 Å². The molecule has 0 aromatic carbocycles. The third-order valence-corrected chi connectivity index (χ3v) is 3.44. The molecule has 18 heavy (non-hydrogen) atoms. The number of amides is 1. The zero-order valence-corrected chi connectivity index (χ0v) is 12.0. The van der Waals surface area contributed by atoms with Crippen LogP contribution in [0.4, 0.5) is 4.79 Å². The van der Waals surface area contributed by atoms with Gasteiger partial charge in [-0.05, 0) is 32.6 Å². The van der Waals surface area contributed by atoms with E-state index in [1.807, 2.05) is 34.6 Å². The molecular weight excluding hydrogens is 234 g/mol. The van der Waals surface area contributed by atoms with E-state index in [1.54, 1.807) is 0 Å². The number of ether oxygens (including phenoxy) is 2. The van der Waals surface area contributed by atoms with Gasteiger partial charge in [-0.2, -0.15) is 0 Å². The molecule has 0 bridgehead atoms. The minimum Gasteiger partial charge on any atom is -0.469 e. The highest BCUT2D eigenvalue weighted by Gasteiger charge is 2.53. The number of hydrogen-bond donors (Lipinski definition) is 1. The Hall–Kier alpha value is -1.26. The first kappa shape index (κ1) is 14.8. The predicted octanol–water partition coefficient (Wildman–Crippen LogP) is 2.10. The van der Waals surface area contributed by atoms with E-state index in [1.165, 1.54) is 7.11 Å². The largest absolute Gasteiger partial charge is 0.469 e. The maximum absolute atomic E-state index is 11.6. The monoisotopic (exact) mass is 257 g/mol. The molecule has 1 rings (SSSR count). The van der Waals surface area contributed by atoms with Gasteiger partial charge in [-0.1, -0.05) is 13.8 Å². The van der Waals surface area contributed by atoms with E-state index < -0.39 is 11.7 Å². The quantitative estimate of drug-likeness (QED) is 0.769. The molecule has 5 heteroatoms. The van der Waals surface area contributed by atoms with Crippen molar-refractivity contribution in [3.05, 3.63) is 0 Å². The summed E-state index contributed by atoms with van der Waals surface area (Å²) >= 11 is 0. The van der Waals surface area contributed by atoms with Gasteiger partial charge in [-0.3, -0.25) is 4.79 Å². The lowest BCUT2D eigenvalue weighted by molar-refractivity contribution is -0.158. The van der Waals surface area contributed by atoms with Crippen molar-refractivity contribution in [3.63, 3.8) is 0 Å². The summed E-state index contributed by atoms with van der Waals surface area (Å²) in [4.78, 5) is 23.1. The Morgan fingerprint density at radius 3 is 2.22 bits per heavy atom. The first-order valence-corrected chi connectivity index (χ1v) is 6.15. The summed E-state index contributed by atoms with van der Waals surface area (Å²) in [6.07, 6.45) is 0.155. The summed E-state index contributed by atoms with van der Waals surface area (Å²) in [7, 11) is 1.38. The van der Waals surface area contributed by atoms with Crippen molar-refractivity contribution < 1.29 is 19.1 Å². The molecule has 104 valence electrons. The average Bonchev–Trinajstić information content (AvgIpc) is 2.20. The lowest BCUT2D eigenvalue weighted by Crippen LogP contribution is -2.61. The molecule has 1 saturated carbocycles. The summed E-state index contributed by atoms with van der Waals surface area (Å²) in [6.45, 7) is 9.33. The van der Waals surface area contributed by atoms with Crippen LogP contribution in [-0.2, 0) is 14.3 Å². The molecule has 0 aliphatic heterocycles. The lowest BCUT2D eigenvalue weighted by atomic mass is 9.58. The van der Waals surface area contributed by atoms with Gasteiger partial charge < -0.3 is 14.8 Å². The molecule has 0 radical (unpaired) electrons. The second kappa shape index (κ2) is 4.78. The minimum absolute atomic E-state index is 0.0588. The second-order valence-electron chi connectivity index (χ2n) is 6.33. The van der Waals surface area contributed by atoms with E-state index in [0.29, 0.717) is 6.42 Å². The van der Waals surface area contributed by atoms with Crippen molar-refractivity contribution in [2.24, 2.45) is 11.3 Å². The highest BCUT2D eigenvalue weighted by atomic mass is 16.6. The van der Waals surface area contributed by atoms with Crippen LogP contribution >= 0.6 is 0 Å². The normalized spacial score (nSPS) is 25.9. The van der Waals surface area contributed by atoms with Crippen LogP contribution in [0.5, 0.6) is 0 Å². The van der Waals surface area contributed by atoms with Crippen LogP contribution in [-0.4, -0.2) is 30.8 Å². The highest BCUT2D eigenvalue weighted by molar-refractivity contribution is 5.76. The van der Waals surface area contributed by atoms with Crippen molar-refractivity contribution >= 4 is 12.1 Å². The molecule has 1 aliphatic carbocycles. The molecule has 0 aromatic heterocycles. The van der Waals surface area contributed by atoms with Gasteiger partial charge in [0.25, 0.3) is 0 Å². The van der Waals surface area contributed by atoms with Crippen molar-refractivity contribution in [3.8, 4) is 0 Å². The third-order valence-electron chi connectivity index (χ3n) is 3.44. The summed E-state index contributed by atoms with van der Waals surface area (Å²) < 4.78 is 9.93. The van der Waals surface area contributed by atoms with Gasteiger partial charge in [0.2, 0.25) is 0 Å². The first-order chi connectivity index (χ1) is 8.08. The number of carbonyl (C=O) groups excluding carboxylic acids is 2. The number of rotatable bonds is 2. The summed E-state index contributed by atoms with van der Waals surface area (Å²) in [5.41, 5.74) is -0.816. The maximum atomic E-state index is 11.6. The van der Waals surface area contributed by atoms with E-state index in [0.717, 1.165) is 0 Å². The molecule has 1 N–H and O–H groups in total. The van der Waals surface area contributed by atoms with E-state index in [-0.39, 0.29) is 23.3 Å². The number of alkyl carbamates (subject to hydrolysis) is 1. The smallest absolute Gasteiger partial charge is 0.407 e. The number of hydrogen-bond acceptors (Lipinski definition) is 4. The fourth-order valence-electron chi connectivity index (χ4n) is 2.16. The summed E-state index contributed by atoms with van der Waals surface area (Å²) in [6, 6.07) is -0.0588. The van der Waals surface area contributed by atoms with Gasteiger partial charge >= 0.3 is 12.1 Å². The lowest BCUT2D eigenvalue weighted by Gasteiger charge is -2.50.